The van der Waals surface area contributed by atoms with Crippen molar-refractivity contribution in [3.8, 4) is 0 Å². The lowest BCUT2D eigenvalue weighted by Crippen LogP contribution is -2.49. The number of amides is 1. The van der Waals surface area contributed by atoms with Gasteiger partial charge in [0.05, 0.1) is 6.26 Å². The molecule has 1 N–H and O–H groups in total. The van der Waals surface area contributed by atoms with Crippen molar-refractivity contribution in [1.29, 1.82) is 0 Å². The minimum Gasteiger partial charge on any atom is -0.459 e. The molecule has 0 spiro atoms. The maximum absolute atomic E-state index is 12.4. The van der Waals surface area contributed by atoms with Crippen LogP contribution in [-0.2, 0) is 0 Å². The number of carbonyl (C=O) groups is 1. The van der Waals surface area contributed by atoms with Crippen LogP contribution in [0.5, 0.6) is 0 Å². The van der Waals surface area contributed by atoms with Crippen LogP contribution < -0.4 is 10.2 Å². The Labute approximate surface area is 167 Å². The molecule has 7 nitrogen and oxygen atoms in total. The average Bonchev–Trinajstić information content (AvgIpc) is 3.24. The van der Waals surface area contributed by atoms with Crippen molar-refractivity contribution in [2.75, 3.05) is 36.4 Å². The summed E-state index contributed by atoms with van der Waals surface area (Å²) in [7, 11) is 0. The van der Waals surface area contributed by atoms with Gasteiger partial charge in [-0.05, 0) is 43.3 Å². The number of furan rings is 1. The molecule has 0 atom stereocenters. The van der Waals surface area contributed by atoms with E-state index in [4.69, 9.17) is 16.0 Å². The highest BCUT2D eigenvalue weighted by atomic mass is 35.5. The molecule has 1 aliphatic rings. The number of piperazine rings is 1. The van der Waals surface area contributed by atoms with Gasteiger partial charge in [0.1, 0.15) is 5.82 Å². The zero-order chi connectivity index (χ0) is 19.5. The largest absolute Gasteiger partial charge is 0.459 e. The minimum atomic E-state index is -0.0834. The van der Waals surface area contributed by atoms with Gasteiger partial charge in [-0.25, -0.2) is 4.98 Å². The molecule has 144 valence electrons. The topological polar surface area (TPSA) is 74.5 Å². The van der Waals surface area contributed by atoms with Gasteiger partial charge in [0, 0.05) is 48.6 Å². The number of anilines is 3. The molecule has 3 aromatic rings. The van der Waals surface area contributed by atoms with E-state index in [0.717, 1.165) is 17.2 Å². The van der Waals surface area contributed by atoms with Gasteiger partial charge in [-0.3, -0.25) is 4.79 Å². The van der Waals surface area contributed by atoms with Crippen LogP contribution in [0.15, 0.2) is 53.1 Å². The fourth-order valence-electron chi connectivity index (χ4n) is 3.11. The normalized spacial score (nSPS) is 14.2. The zero-order valence-corrected chi connectivity index (χ0v) is 16.2. The van der Waals surface area contributed by atoms with Gasteiger partial charge in [0.15, 0.2) is 5.76 Å². The molecule has 1 amide bonds. The van der Waals surface area contributed by atoms with Gasteiger partial charge in [-0.1, -0.05) is 11.6 Å². The number of nitrogens with zero attached hydrogens (tertiary/aromatic N) is 4. The Hall–Kier alpha value is -3.06. The summed E-state index contributed by atoms with van der Waals surface area (Å²) in [6.45, 7) is 4.45. The second-order valence-electron chi connectivity index (χ2n) is 6.58. The molecular formula is C20H20ClN5O2. The Morgan fingerprint density at radius 3 is 2.54 bits per heavy atom. The Kier molecular flexibility index (Phi) is 5.16. The first-order valence-electron chi connectivity index (χ1n) is 9.04. The van der Waals surface area contributed by atoms with E-state index in [-0.39, 0.29) is 5.91 Å². The van der Waals surface area contributed by atoms with E-state index >= 15 is 0 Å². The first-order valence-corrected chi connectivity index (χ1v) is 9.42. The third-order valence-electron chi connectivity index (χ3n) is 4.54. The lowest BCUT2D eigenvalue weighted by molar-refractivity contribution is 0.0714. The Morgan fingerprint density at radius 2 is 1.86 bits per heavy atom. The summed E-state index contributed by atoms with van der Waals surface area (Å²) in [5.74, 6) is 1.66. The van der Waals surface area contributed by atoms with E-state index in [0.29, 0.717) is 42.9 Å². The summed E-state index contributed by atoms with van der Waals surface area (Å²) in [6.07, 6.45) is 1.51. The maximum Gasteiger partial charge on any atom is 0.289 e. The molecule has 0 radical (unpaired) electrons. The quantitative estimate of drug-likeness (QED) is 0.722. The zero-order valence-electron chi connectivity index (χ0n) is 15.4. The van der Waals surface area contributed by atoms with E-state index in [1.165, 1.54) is 6.26 Å². The van der Waals surface area contributed by atoms with Crippen molar-refractivity contribution in [2.45, 2.75) is 6.92 Å². The molecule has 8 heteroatoms. The Balaban J connectivity index is 1.44. The molecule has 0 unspecified atom stereocenters. The van der Waals surface area contributed by atoms with Gasteiger partial charge < -0.3 is 19.5 Å². The minimum absolute atomic E-state index is 0.0834. The van der Waals surface area contributed by atoms with Gasteiger partial charge in [0.2, 0.25) is 5.95 Å². The standard InChI is InChI=1S/C20H20ClN5O2/c1-14-13-18(23-16-6-4-15(21)5-7-16)24-20(22-14)26-10-8-25(9-11-26)19(27)17-3-2-12-28-17/h2-7,12-13H,8-11H2,1H3,(H,22,23,24). The molecule has 1 fully saturated rings. The highest BCUT2D eigenvalue weighted by Gasteiger charge is 2.25. The molecule has 1 saturated heterocycles. The molecule has 0 aliphatic carbocycles. The monoisotopic (exact) mass is 397 g/mol. The third-order valence-corrected chi connectivity index (χ3v) is 4.79. The predicted octanol–water partition coefficient (Wildman–Crippen LogP) is 3.74. The lowest BCUT2D eigenvalue weighted by atomic mass is 10.3. The summed E-state index contributed by atoms with van der Waals surface area (Å²) >= 11 is 5.94. The Bertz CT molecular complexity index is 951. The third kappa shape index (κ3) is 4.09. The van der Waals surface area contributed by atoms with Crippen molar-refractivity contribution in [2.24, 2.45) is 0 Å². The first kappa shape index (κ1) is 18.3. The van der Waals surface area contributed by atoms with Crippen LogP contribution in [0.1, 0.15) is 16.2 Å². The molecule has 2 aromatic heterocycles. The van der Waals surface area contributed by atoms with Crippen molar-refractivity contribution in [1.82, 2.24) is 14.9 Å². The second-order valence-corrected chi connectivity index (χ2v) is 7.02. The number of halogens is 1. The van der Waals surface area contributed by atoms with Crippen molar-refractivity contribution in [3.63, 3.8) is 0 Å². The second kappa shape index (κ2) is 7.90. The smallest absolute Gasteiger partial charge is 0.289 e. The first-order chi connectivity index (χ1) is 13.6. The summed E-state index contributed by atoms with van der Waals surface area (Å²) in [5.41, 5.74) is 1.78. The van der Waals surface area contributed by atoms with Crippen LogP contribution in [0.4, 0.5) is 17.5 Å². The molecule has 0 saturated carbocycles. The van der Waals surface area contributed by atoms with Gasteiger partial charge in [-0.15, -0.1) is 0 Å². The van der Waals surface area contributed by atoms with Crippen LogP contribution in [0.25, 0.3) is 0 Å². The van der Waals surface area contributed by atoms with Crippen molar-refractivity contribution >= 4 is 35.0 Å². The highest BCUT2D eigenvalue weighted by molar-refractivity contribution is 6.30. The van der Waals surface area contributed by atoms with Crippen LogP contribution in [0, 0.1) is 6.92 Å². The summed E-state index contributed by atoms with van der Waals surface area (Å²) in [4.78, 5) is 25.5. The molecular weight excluding hydrogens is 378 g/mol. The number of benzene rings is 1. The Morgan fingerprint density at radius 1 is 1.11 bits per heavy atom. The van der Waals surface area contributed by atoms with E-state index in [1.807, 2.05) is 37.3 Å². The number of rotatable bonds is 4. The van der Waals surface area contributed by atoms with Crippen LogP contribution >= 0.6 is 11.6 Å². The summed E-state index contributed by atoms with van der Waals surface area (Å²) in [6, 6.07) is 12.8. The molecule has 0 bridgehead atoms. The molecule has 1 aromatic carbocycles. The van der Waals surface area contributed by atoms with Crippen molar-refractivity contribution in [3.05, 3.63) is 65.2 Å². The van der Waals surface area contributed by atoms with Gasteiger partial charge >= 0.3 is 0 Å². The van der Waals surface area contributed by atoms with E-state index in [2.05, 4.69) is 20.2 Å². The summed E-state index contributed by atoms with van der Waals surface area (Å²) in [5, 5.41) is 3.97. The SMILES string of the molecule is Cc1cc(Nc2ccc(Cl)cc2)nc(N2CCN(C(=O)c3ccco3)CC2)n1. The number of nitrogens with one attached hydrogen (secondary N) is 1. The van der Waals surface area contributed by atoms with Crippen LogP contribution in [-0.4, -0.2) is 47.0 Å². The van der Waals surface area contributed by atoms with E-state index in [1.54, 1.807) is 17.0 Å². The molecule has 3 heterocycles. The number of aryl methyl sites for hydroxylation is 1. The fraction of sp³-hybridized carbons (Fsp3) is 0.250. The van der Waals surface area contributed by atoms with E-state index < -0.39 is 0 Å². The number of aromatic nitrogens is 2. The lowest BCUT2D eigenvalue weighted by Gasteiger charge is -2.34. The number of hydrogen-bond acceptors (Lipinski definition) is 6. The fourth-order valence-corrected chi connectivity index (χ4v) is 3.23. The number of hydrogen-bond donors (Lipinski definition) is 1. The van der Waals surface area contributed by atoms with E-state index in [9.17, 15) is 4.79 Å². The number of carbonyl (C=O) groups excluding carboxylic acids is 1. The van der Waals surface area contributed by atoms with Gasteiger partial charge in [0.25, 0.3) is 5.91 Å². The van der Waals surface area contributed by atoms with Crippen molar-refractivity contribution < 1.29 is 9.21 Å². The van der Waals surface area contributed by atoms with Crippen LogP contribution in [0.2, 0.25) is 5.02 Å². The van der Waals surface area contributed by atoms with Crippen LogP contribution in [0.3, 0.4) is 0 Å². The highest BCUT2D eigenvalue weighted by Crippen LogP contribution is 2.21. The molecule has 4 rings (SSSR count). The molecule has 1 aliphatic heterocycles. The average molecular weight is 398 g/mol. The molecule has 28 heavy (non-hydrogen) atoms. The maximum atomic E-state index is 12.4. The van der Waals surface area contributed by atoms with Gasteiger partial charge in [-0.2, -0.15) is 4.98 Å². The predicted molar refractivity (Wildman–Crippen MR) is 108 cm³/mol. The summed E-state index contributed by atoms with van der Waals surface area (Å²) < 4.78 is 5.21.